The SMILES string of the molecule is CC1CNCCN1C(=O)NS(=O)(=O)c1ccccc1NC(=O)C(OCc1ccccc1)C(C)(C)COCc1ccccc1. The minimum Gasteiger partial charge on any atom is -0.376 e. The zero-order valence-electron chi connectivity index (χ0n) is 24.8. The fraction of sp³-hybridized carbons (Fsp3) is 0.375. The molecule has 10 nitrogen and oxygen atoms in total. The largest absolute Gasteiger partial charge is 0.376 e. The Morgan fingerprint density at radius 2 is 1.56 bits per heavy atom. The molecular formula is C32H40N4O6S. The number of carbonyl (C=O) groups excluding carboxylic acids is 2. The molecule has 0 bridgehead atoms. The lowest BCUT2D eigenvalue weighted by molar-refractivity contribution is -0.141. The molecule has 2 atom stereocenters. The molecule has 0 spiro atoms. The van der Waals surface area contributed by atoms with Gasteiger partial charge in [-0.1, -0.05) is 86.6 Å². The third-order valence-electron chi connectivity index (χ3n) is 7.21. The van der Waals surface area contributed by atoms with Gasteiger partial charge in [0.05, 0.1) is 25.5 Å². The Hall–Kier alpha value is -3.77. The monoisotopic (exact) mass is 608 g/mol. The molecule has 3 N–H and O–H groups in total. The number of rotatable bonds is 12. The first-order valence-electron chi connectivity index (χ1n) is 14.3. The Balaban J connectivity index is 1.52. The summed E-state index contributed by atoms with van der Waals surface area (Å²) in [7, 11) is -4.31. The van der Waals surface area contributed by atoms with Gasteiger partial charge < -0.3 is 25.0 Å². The number of hydrogen-bond acceptors (Lipinski definition) is 7. The van der Waals surface area contributed by atoms with Crippen LogP contribution in [0.1, 0.15) is 31.9 Å². The maximum absolute atomic E-state index is 13.8. The van der Waals surface area contributed by atoms with Crippen molar-refractivity contribution in [2.24, 2.45) is 5.41 Å². The van der Waals surface area contributed by atoms with Gasteiger partial charge in [-0.2, -0.15) is 0 Å². The van der Waals surface area contributed by atoms with E-state index in [-0.39, 0.29) is 29.8 Å². The molecule has 3 amide bonds. The Labute approximate surface area is 253 Å². The summed E-state index contributed by atoms with van der Waals surface area (Å²) in [5.41, 5.74) is 1.12. The van der Waals surface area contributed by atoms with Gasteiger partial charge in [0, 0.05) is 31.1 Å². The summed E-state index contributed by atoms with van der Waals surface area (Å²) in [6, 6.07) is 24.3. The number of amides is 3. The minimum absolute atomic E-state index is 0.0375. The van der Waals surface area contributed by atoms with Crippen LogP contribution in [0.2, 0.25) is 0 Å². The lowest BCUT2D eigenvalue weighted by Crippen LogP contribution is -2.56. The van der Waals surface area contributed by atoms with E-state index in [2.05, 4.69) is 15.4 Å². The summed E-state index contributed by atoms with van der Waals surface area (Å²) < 4.78 is 41.1. The van der Waals surface area contributed by atoms with Crippen molar-refractivity contribution in [1.29, 1.82) is 0 Å². The molecule has 1 aliphatic rings. The van der Waals surface area contributed by atoms with Gasteiger partial charge >= 0.3 is 6.03 Å². The number of anilines is 1. The van der Waals surface area contributed by atoms with Crippen LogP contribution in [0.4, 0.5) is 10.5 Å². The number of sulfonamides is 1. The molecule has 0 radical (unpaired) electrons. The van der Waals surface area contributed by atoms with Gasteiger partial charge in [-0.15, -0.1) is 0 Å². The molecule has 2 unspecified atom stereocenters. The second-order valence-corrected chi connectivity index (χ2v) is 12.9. The number of urea groups is 1. The number of ether oxygens (including phenoxy) is 2. The van der Waals surface area contributed by atoms with Crippen LogP contribution in [-0.2, 0) is 37.5 Å². The van der Waals surface area contributed by atoms with Gasteiger partial charge in [-0.05, 0) is 30.2 Å². The Kier molecular flexibility index (Phi) is 10.9. The first-order valence-corrected chi connectivity index (χ1v) is 15.8. The molecule has 3 aromatic rings. The van der Waals surface area contributed by atoms with Gasteiger partial charge in [0.2, 0.25) is 0 Å². The number of para-hydroxylation sites is 1. The van der Waals surface area contributed by atoms with E-state index in [0.29, 0.717) is 26.2 Å². The topological polar surface area (TPSA) is 126 Å². The molecule has 1 saturated heterocycles. The standard InChI is InChI=1S/C32H40N4O6S/c1-24-20-33-18-19-36(24)31(38)35-43(39,40)28-17-11-10-16-27(28)34-30(37)29(42-22-26-14-8-5-9-15-26)32(2,3)23-41-21-25-12-6-4-7-13-25/h4-17,24,29,33H,18-23H2,1-3H3,(H,34,37)(H,35,38). The Bertz CT molecular complexity index is 1470. The third kappa shape index (κ3) is 8.87. The van der Waals surface area contributed by atoms with E-state index in [4.69, 9.17) is 9.47 Å². The zero-order valence-corrected chi connectivity index (χ0v) is 25.6. The molecule has 4 rings (SSSR count). The summed E-state index contributed by atoms with van der Waals surface area (Å²) in [5, 5.41) is 5.92. The van der Waals surface area contributed by atoms with E-state index in [1.54, 1.807) is 6.07 Å². The quantitative estimate of drug-likeness (QED) is 0.282. The van der Waals surface area contributed by atoms with Crippen LogP contribution in [0.5, 0.6) is 0 Å². The summed E-state index contributed by atoms with van der Waals surface area (Å²) >= 11 is 0. The van der Waals surface area contributed by atoms with E-state index >= 15 is 0 Å². The summed E-state index contributed by atoms with van der Waals surface area (Å²) in [4.78, 5) is 27.9. The van der Waals surface area contributed by atoms with Gasteiger partial charge in [-0.3, -0.25) is 4.79 Å². The minimum atomic E-state index is -4.31. The summed E-state index contributed by atoms with van der Waals surface area (Å²) in [5.74, 6) is -0.533. The van der Waals surface area contributed by atoms with Crippen LogP contribution in [0, 0.1) is 5.41 Å². The van der Waals surface area contributed by atoms with Crippen molar-refractivity contribution in [3.63, 3.8) is 0 Å². The van der Waals surface area contributed by atoms with Crippen molar-refractivity contribution in [3.05, 3.63) is 96.1 Å². The second kappa shape index (κ2) is 14.6. The number of piperazine rings is 1. The molecule has 230 valence electrons. The van der Waals surface area contributed by atoms with Crippen molar-refractivity contribution in [2.75, 3.05) is 31.6 Å². The van der Waals surface area contributed by atoms with Gasteiger partial charge in [0.1, 0.15) is 11.0 Å². The van der Waals surface area contributed by atoms with Crippen molar-refractivity contribution >= 4 is 27.6 Å². The average molecular weight is 609 g/mol. The summed E-state index contributed by atoms with van der Waals surface area (Å²) in [6.07, 6.45) is -1.00. The van der Waals surface area contributed by atoms with Crippen molar-refractivity contribution < 1.29 is 27.5 Å². The number of nitrogens with zero attached hydrogens (tertiary/aromatic N) is 1. The highest BCUT2D eigenvalue weighted by molar-refractivity contribution is 7.90. The first-order chi connectivity index (χ1) is 20.6. The number of hydrogen-bond donors (Lipinski definition) is 3. The second-order valence-electron chi connectivity index (χ2n) is 11.3. The number of carbonyl (C=O) groups is 2. The van der Waals surface area contributed by atoms with Crippen LogP contribution in [0.25, 0.3) is 0 Å². The number of benzene rings is 3. The highest BCUT2D eigenvalue weighted by atomic mass is 32.2. The van der Waals surface area contributed by atoms with Crippen molar-refractivity contribution in [1.82, 2.24) is 14.9 Å². The van der Waals surface area contributed by atoms with Crippen LogP contribution in [0.15, 0.2) is 89.8 Å². The van der Waals surface area contributed by atoms with Crippen LogP contribution >= 0.6 is 0 Å². The highest BCUT2D eigenvalue weighted by Crippen LogP contribution is 2.29. The van der Waals surface area contributed by atoms with Crippen molar-refractivity contribution in [2.45, 2.75) is 51.0 Å². The third-order valence-corrected chi connectivity index (χ3v) is 8.59. The van der Waals surface area contributed by atoms with E-state index < -0.39 is 33.5 Å². The van der Waals surface area contributed by atoms with Crippen LogP contribution in [0.3, 0.4) is 0 Å². The molecule has 3 aromatic carbocycles. The fourth-order valence-electron chi connectivity index (χ4n) is 4.87. The lowest BCUT2D eigenvalue weighted by atomic mass is 9.86. The molecule has 0 saturated carbocycles. The van der Waals surface area contributed by atoms with E-state index in [1.165, 1.54) is 23.1 Å². The average Bonchev–Trinajstić information content (AvgIpc) is 2.98. The maximum Gasteiger partial charge on any atom is 0.331 e. The lowest BCUT2D eigenvalue weighted by Gasteiger charge is -2.34. The number of nitrogens with one attached hydrogen (secondary N) is 3. The first kappa shape index (κ1) is 32.2. The predicted octanol–water partition coefficient (Wildman–Crippen LogP) is 4.15. The van der Waals surface area contributed by atoms with Gasteiger partial charge in [-0.25, -0.2) is 17.9 Å². The summed E-state index contributed by atoms with van der Waals surface area (Å²) in [6.45, 7) is 7.82. The molecule has 1 heterocycles. The molecule has 43 heavy (non-hydrogen) atoms. The normalized spacial score (nSPS) is 16.3. The molecule has 0 aliphatic carbocycles. The van der Waals surface area contributed by atoms with E-state index in [9.17, 15) is 18.0 Å². The highest BCUT2D eigenvalue weighted by Gasteiger charge is 2.38. The molecule has 0 aromatic heterocycles. The predicted molar refractivity (Wildman–Crippen MR) is 165 cm³/mol. The smallest absolute Gasteiger partial charge is 0.331 e. The molecule has 11 heteroatoms. The Morgan fingerprint density at radius 3 is 2.21 bits per heavy atom. The van der Waals surface area contributed by atoms with Crippen molar-refractivity contribution in [3.8, 4) is 0 Å². The van der Waals surface area contributed by atoms with Gasteiger partial charge in [0.15, 0.2) is 0 Å². The zero-order chi connectivity index (χ0) is 30.9. The van der Waals surface area contributed by atoms with Crippen LogP contribution in [-0.4, -0.2) is 63.6 Å². The van der Waals surface area contributed by atoms with Crippen LogP contribution < -0.4 is 15.4 Å². The molecular weight excluding hydrogens is 568 g/mol. The fourth-order valence-corrected chi connectivity index (χ4v) is 5.99. The van der Waals surface area contributed by atoms with E-state index in [0.717, 1.165) is 11.1 Å². The maximum atomic E-state index is 13.8. The molecule has 1 aliphatic heterocycles. The van der Waals surface area contributed by atoms with Gasteiger partial charge in [0.25, 0.3) is 15.9 Å². The Morgan fingerprint density at radius 1 is 0.953 bits per heavy atom. The van der Waals surface area contributed by atoms with E-state index in [1.807, 2.05) is 81.4 Å². The molecule has 1 fully saturated rings.